The molecule has 11 aromatic rings. The molecule has 0 saturated carbocycles. The first-order chi connectivity index (χ1) is 37.4. The van der Waals surface area contributed by atoms with Gasteiger partial charge in [0.25, 0.3) is 6.33 Å². The van der Waals surface area contributed by atoms with Crippen LogP contribution in [-0.2, 0) is 16.2 Å². The summed E-state index contributed by atoms with van der Waals surface area (Å²) in [6.45, 7) is 19.4. The molecule has 0 saturated heterocycles. The molecule has 0 aliphatic carbocycles. The summed E-state index contributed by atoms with van der Waals surface area (Å²) in [6.07, 6.45) is 5.61. The number of rotatable bonds is 5. The third-order valence-electron chi connectivity index (χ3n) is 13.9. The molecule has 12 rings (SSSR count). The summed E-state index contributed by atoms with van der Waals surface area (Å²) in [4.78, 5) is 4.88. The quantitative estimate of drug-likeness (QED) is 0.127. The molecule has 0 unspecified atom stereocenters. The van der Waals surface area contributed by atoms with E-state index in [1.807, 2.05) is 88.1 Å². The van der Waals surface area contributed by atoms with E-state index in [1.54, 1.807) is 0 Å². The van der Waals surface area contributed by atoms with E-state index in [0.717, 1.165) is 49.9 Å². The van der Waals surface area contributed by atoms with Crippen LogP contribution < -0.4 is 9.30 Å². The van der Waals surface area contributed by atoms with Gasteiger partial charge in [-0.1, -0.05) is 190 Å². The van der Waals surface area contributed by atoms with Gasteiger partial charge in [-0.15, -0.1) is 0 Å². The highest BCUT2D eigenvalue weighted by molar-refractivity contribution is 6.09. The molecule has 0 atom stereocenters. The molecule has 1 aliphatic rings. The Labute approximate surface area is 428 Å². The highest BCUT2D eigenvalue weighted by atomic mass is 16.5. The smallest absolute Gasteiger partial charge is 0.269 e. The molecule has 5 nitrogen and oxygen atoms in total. The first-order valence-electron chi connectivity index (χ1n) is 28.2. The maximum atomic E-state index is 9.84. The van der Waals surface area contributed by atoms with Gasteiger partial charge >= 0.3 is 0 Å². The normalized spacial score (nSPS) is 14.2. The van der Waals surface area contributed by atoms with Crippen LogP contribution in [0.1, 0.15) is 90.0 Å². The lowest BCUT2D eigenvalue weighted by Gasteiger charge is -2.26. The van der Waals surface area contributed by atoms with Crippen LogP contribution in [-0.4, -0.2) is 14.1 Å². The fraction of sp³-hybridized carbons (Fsp3) is 0.182. The van der Waals surface area contributed by atoms with E-state index in [1.165, 1.54) is 5.56 Å². The van der Waals surface area contributed by atoms with Gasteiger partial charge in [0.05, 0.1) is 44.4 Å². The lowest BCUT2D eigenvalue weighted by atomic mass is 9.80. The van der Waals surface area contributed by atoms with Crippen LogP contribution in [0.3, 0.4) is 0 Å². The minimum atomic E-state index is -0.516. The third-order valence-corrected chi connectivity index (χ3v) is 13.9. The number of nitrogens with zero attached hydrogens (tertiary/aromatic N) is 4. The molecule has 0 bridgehead atoms. The molecule has 4 heterocycles. The topological polar surface area (TPSA) is 35.9 Å². The van der Waals surface area contributed by atoms with Crippen molar-refractivity contribution >= 4 is 32.8 Å². The summed E-state index contributed by atoms with van der Waals surface area (Å²) in [5.41, 5.74) is 9.53. The predicted molar refractivity (Wildman–Crippen MR) is 294 cm³/mol. The molecule has 8 aromatic carbocycles. The Hall–Kier alpha value is -8.02. The lowest BCUT2D eigenvalue weighted by Crippen LogP contribution is -2.32. The molecule has 0 amide bonds. The van der Waals surface area contributed by atoms with Crippen LogP contribution in [0.4, 0.5) is 0 Å². The highest BCUT2D eigenvalue weighted by Gasteiger charge is 2.29. The second kappa shape index (κ2) is 16.3. The Bertz CT molecular complexity index is 4380. The van der Waals surface area contributed by atoms with Crippen LogP contribution in [0, 0.1) is 6.33 Å². The summed E-state index contributed by atoms with van der Waals surface area (Å²) in [6, 6.07) is 41.1. The average Bonchev–Trinajstić information content (AvgIpc) is 4.08. The van der Waals surface area contributed by atoms with Crippen molar-refractivity contribution in [2.45, 2.75) is 78.6 Å². The minimum absolute atomic E-state index is 0.0110. The maximum Gasteiger partial charge on any atom is 0.269 e. The van der Waals surface area contributed by atoms with E-state index >= 15 is 0 Å². The van der Waals surface area contributed by atoms with Crippen molar-refractivity contribution in [2.24, 2.45) is 0 Å². The number of fused-ring (bicyclic) bond motifs is 10. The predicted octanol–water partition coefficient (Wildman–Crippen LogP) is 16.9. The zero-order chi connectivity index (χ0) is 55.9. The van der Waals surface area contributed by atoms with Gasteiger partial charge in [0.1, 0.15) is 17.3 Å². The Morgan fingerprint density at radius 3 is 1.80 bits per heavy atom. The van der Waals surface area contributed by atoms with Gasteiger partial charge in [0.2, 0.25) is 0 Å². The molecule has 0 N–H and O–H groups in total. The maximum absolute atomic E-state index is 9.84. The van der Waals surface area contributed by atoms with Crippen molar-refractivity contribution in [3.05, 3.63) is 211 Å². The largest absolute Gasteiger partial charge is 0.458 e. The molecule has 71 heavy (non-hydrogen) atoms. The van der Waals surface area contributed by atoms with Gasteiger partial charge in [0.15, 0.2) is 0 Å². The Kier molecular flexibility index (Phi) is 8.25. The fourth-order valence-corrected chi connectivity index (χ4v) is 10.1. The fourth-order valence-electron chi connectivity index (χ4n) is 10.1. The number of ether oxygens (including phenoxy) is 1. The number of para-hydroxylation sites is 2. The summed E-state index contributed by atoms with van der Waals surface area (Å²) in [5.74, 6) is 1.97. The monoisotopic (exact) mass is 931 g/mol. The first kappa shape index (κ1) is 36.0. The van der Waals surface area contributed by atoms with Crippen LogP contribution >= 0.6 is 0 Å². The minimum Gasteiger partial charge on any atom is -0.458 e. The number of imidazole rings is 1. The highest BCUT2D eigenvalue weighted by Crippen LogP contribution is 2.47. The molecule has 3 aromatic heterocycles. The zero-order valence-electron chi connectivity index (χ0n) is 49.5. The van der Waals surface area contributed by atoms with E-state index < -0.39 is 41.7 Å². The van der Waals surface area contributed by atoms with Crippen molar-refractivity contribution in [3.8, 4) is 73.2 Å². The molecule has 0 fully saturated rings. The second-order valence-electron chi connectivity index (χ2n) is 21.7. The second-order valence-corrected chi connectivity index (χ2v) is 21.7. The molecule has 0 radical (unpaired) electrons. The van der Waals surface area contributed by atoms with Crippen molar-refractivity contribution < 1.29 is 20.3 Å². The van der Waals surface area contributed by atoms with Crippen LogP contribution in [0.5, 0.6) is 11.5 Å². The summed E-state index contributed by atoms with van der Waals surface area (Å²) < 4.78 is 88.2. The van der Waals surface area contributed by atoms with E-state index in [9.17, 15) is 6.85 Å². The number of pyridine rings is 1. The first-order valence-corrected chi connectivity index (χ1v) is 24.2. The number of hydrogen-bond donors (Lipinski definition) is 0. The van der Waals surface area contributed by atoms with Crippen LogP contribution in [0.15, 0.2) is 188 Å². The Balaban J connectivity index is 1.13. The Morgan fingerprint density at radius 2 is 1.10 bits per heavy atom. The van der Waals surface area contributed by atoms with Gasteiger partial charge in [-0.3, -0.25) is 13.7 Å². The van der Waals surface area contributed by atoms with Crippen molar-refractivity contribution in [2.75, 3.05) is 0 Å². The Morgan fingerprint density at radius 1 is 0.493 bits per heavy atom. The SMILES string of the molecule is [2H]c1c([2H])c([2H])c2c(c1[2H])-c1cc(C(C)(C)C)cc(-c3ccc(C(C)(C)C)cc3)c1-[n+]1[c-]n(-c3cccc(Oc4ccc5c6ccccc6n(-c6cc(C(C)(C)C)ccn6)c5c4)c3)c3cccc(c31)-c1c([2H])c([2H])c([2H])c([2H])c1-2. The van der Waals surface area contributed by atoms with Gasteiger partial charge in [-0.2, -0.15) is 0 Å². The summed E-state index contributed by atoms with van der Waals surface area (Å²) in [7, 11) is 0. The van der Waals surface area contributed by atoms with Crippen molar-refractivity contribution in [1.82, 2.24) is 14.1 Å². The zero-order valence-corrected chi connectivity index (χ0v) is 41.5. The standard InChI is InChI=1S/C66H58N4O/c1-64(2,3)43-30-28-42(29-31-43)56-36-45(66(7,8)9)37-57-52-23-13-11-21-50(52)49-20-10-12-22-51(49)55-25-17-27-59-63(55)69(62(56)57)41-68(59)46-18-16-19-47(39-46)71-48-32-33-54-53-24-14-15-26-58(53)70(60(54)40-48)61-38-44(34-35-67-61)65(4,5)6/h10-40H,1-9H3/i10D,11D,12D,13D,20D,21D,22D,23D. The van der Waals surface area contributed by atoms with Gasteiger partial charge < -0.3 is 4.74 Å². The average molecular weight is 931 g/mol. The van der Waals surface area contributed by atoms with E-state index in [2.05, 4.69) is 134 Å². The van der Waals surface area contributed by atoms with Crippen LogP contribution in [0.2, 0.25) is 0 Å². The number of benzene rings is 8. The molecule has 348 valence electrons. The molecule has 0 spiro atoms. The summed E-state index contributed by atoms with van der Waals surface area (Å²) in [5, 5.41) is 2.16. The van der Waals surface area contributed by atoms with Gasteiger partial charge in [-0.25, -0.2) is 4.98 Å². The summed E-state index contributed by atoms with van der Waals surface area (Å²) >= 11 is 0. The number of hydrogen-bond acceptors (Lipinski definition) is 2. The molecule has 1 aliphatic heterocycles. The van der Waals surface area contributed by atoms with E-state index in [4.69, 9.17) is 13.8 Å². The van der Waals surface area contributed by atoms with E-state index in [0.29, 0.717) is 45.0 Å². The van der Waals surface area contributed by atoms with Gasteiger partial charge in [0, 0.05) is 23.0 Å². The van der Waals surface area contributed by atoms with Crippen molar-refractivity contribution in [1.29, 1.82) is 0 Å². The van der Waals surface area contributed by atoms with Crippen LogP contribution in [0.25, 0.3) is 94.5 Å². The third kappa shape index (κ3) is 7.54. The lowest BCUT2D eigenvalue weighted by molar-refractivity contribution is -0.570. The number of aromatic nitrogens is 4. The molecule has 5 heteroatoms. The molecular weight excluding hydrogens is 865 g/mol. The van der Waals surface area contributed by atoms with E-state index in [-0.39, 0.29) is 45.2 Å². The van der Waals surface area contributed by atoms with Gasteiger partial charge in [-0.05, 0) is 126 Å². The van der Waals surface area contributed by atoms with Crippen molar-refractivity contribution in [3.63, 3.8) is 0 Å². The molecular formula is C66H58N4O.